The Morgan fingerprint density at radius 2 is 2.41 bits per heavy atom. The predicted octanol–water partition coefficient (Wildman–Crippen LogP) is 1.55. The van der Waals surface area contributed by atoms with Crippen LogP contribution in [0.2, 0.25) is 0 Å². The highest BCUT2D eigenvalue weighted by molar-refractivity contribution is 7.11. The zero-order chi connectivity index (χ0) is 12.4. The first kappa shape index (κ1) is 12.5. The van der Waals surface area contributed by atoms with Gasteiger partial charge in [0.2, 0.25) is 0 Å². The van der Waals surface area contributed by atoms with Crippen LogP contribution in [0, 0.1) is 5.92 Å². The number of aryl methyl sites for hydroxylation is 1. The van der Waals surface area contributed by atoms with Crippen LogP contribution in [-0.2, 0) is 6.42 Å². The van der Waals surface area contributed by atoms with Crippen molar-refractivity contribution in [1.82, 2.24) is 9.88 Å². The first-order valence-electron chi connectivity index (χ1n) is 5.99. The molecule has 4 nitrogen and oxygen atoms in total. The van der Waals surface area contributed by atoms with Crippen LogP contribution in [0.25, 0.3) is 0 Å². The largest absolute Gasteiger partial charge is 0.391 e. The summed E-state index contributed by atoms with van der Waals surface area (Å²) >= 11 is 1.38. The molecule has 2 rings (SSSR count). The van der Waals surface area contributed by atoms with Crippen molar-refractivity contribution in [2.75, 3.05) is 13.6 Å². The minimum Gasteiger partial charge on any atom is -0.391 e. The van der Waals surface area contributed by atoms with Crippen LogP contribution in [0.1, 0.15) is 35.1 Å². The van der Waals surface area contributed by atoms with Gasteiger partial charge in [0.25, 0.3) is 5.91 Å². The molecule has 1 aromatic heterocycles. The maximum absolute atomic E-state index is 12.1. The van der Waals surface area contributed by atoms with E-state index < -0.39 is 0 Å². The van der Waals surface area contributed by atoms with Gasteiger partial charge in [-0.3, -0.25) is 4.79 Å². The SMILES string of the molecule is CCc1ncsc1C(=O)N(C)CC(O)C1CC1. The van der Waals surface area contributed by atoms with Crippen molar-refractivity contribution in [2.24, 2.45) is 5.92 Å². The molecule has 0 aromatic carbocycles. The second kappa shape index (κ2) is 5.14. The first-order valence-corrected chi connectivity index (χ1v) is 6.87. The van der Waals surface area contributed by atoms with E-state index in [1.807, 2.05) is 6.92 Å². The van der Waals surface area contributed by atoms with E-state index in [1.165, 1.54) is 11.3 Å². The number of carbonyl (C=O) groups is 1. The van der Waals surface area contributed by atoms with Crippen LogP contribution in [0.15, 0.2) is 5.51 Å². The number of rotatable bonds is 5. The fraction of sp³-hybridized carbons (Fsp3) is 0.667. The Bertz CT molecular complexity index is 401. The molecule has 0 aliphatic heterocycles. The lowest BCUT2D eigenvalue weighted by Gasteiger charge is -2.20. The molecular formula is C12H18N2O2S. The van der Waals surface area contributed by atoms with Gasteiger partial charge in [0.15, 0.2) is 0 Å². The molecule has 1 unspecified atom stereocenters. The lowest BCUT2D eigenvalue weighted by molar-refractivity contribution is 0.0648. The summed E-state index contributed by atoms with van der Waals surface area (Å²) in [7, 11) is 1.74. The van der Waals surface area contributed by atoms with Crippen molar-refractivity contribution in [3.05, 3.63) is 16.1 Å². The van der Waals surface area contributed by atoms with Gasteiger partial charge < -0.3 is 10.0 Å². The van der Waals surface area contributed by atoms with Crippen LogP contribution in [0.5, 0.6) is 0 Å². The van der Waals surface area contributed by atoms with Crippen LogP contribution in [0.4, 0.5) is 0 Å². The minimum absolute atomic E-state index is 0.0240. The molecule has 0 spiro atoms. The van der Waals surface area contributed by atoms with Crippen molar-refractivity contribution >= 4 is 17.2 Å². The van der Waals surface area contributed by atoms with Gasteiger partial charge in [0.1, 0.15) is 4.88 Å². The molecule has 1 fully saturated rings. The summed E-state index contributed by atoms with van der Waals surface area (Å²) in [5.74, 6) is 0.376. The summed E-state index contributed by atoms with van der Waals surface area (Å²) in [6.45, 7) is 2.41. The van der Waals surface area contributed by atoms with Gasteiger partial charge in [0, 0.05) is 13.6 Å². The maximum Gasteiger partial charge on any atom is 0.265 e. The van der Waals surface area contributed by atoms with E-state index in [-0.39, 0.29) is 12.0 Å². The topological polar surface area (TPSA) is 53.4 Å². The molecule has 1 atom stereocenters. The average Bonchev–Trinajstić information content (AvgIpc) is 3.06. The Kier molecular flexibility index (Phi) is 3.79. The van der Waals surface area contributed by atoms with E-state index in [4.69, 9.17) is 0 Å². The fourth-order valence-corrected chi connectivity index (χ4v) is 2.74. The van der Waals surface area contributed by atoms with Crippen molar-refractivity contribution in [3.8, 4) is 0 Å². The lowest BCUT2D eigenvalue weighted by Crippen LogP contribution is -2.35. The molecule has 0 saturated heterocycles. The number of nitrogens with zero attached hydrogens (tertiary/aromatic N) is 2. The normalized spacial score (nSPS) is 16.9. The van der Waals surface area contributed by atoms with Gasteiger partial charge in [-0.15, -0.1) is 11.3 Å². The monoisotopic (exact) mass is 254 g/mol. The molecule has 1 heterocycles. The second-order valence-electron chi connectivity index (χ2n) is 4.57. The Balaban J connectivity index is 1.98. The summed E-state index contributed by atoms with van der Waals surface area (Å²) in [5.41, 5.74) is 2.56. The Morgan fingerprint density at radius 3 is 3.00 bits per heavy atom. The molecule has 1 aromatic rings. The third-order valence-corrected chi connectivity index (χ3v) is 4.00. The summed E-state index contributed by atoms with van der Waals surface area (Å²) in [6.07, 6.45) is 2.57. The van der Waals surface area contributed by atoms with Crippen LogP contribution < -0.4 is 0 Å². The van der Waals surface area contributed by atoms with Crippen LogP contribution >= 0.6 is 11.3 Å². The molecule has 94 valence electrons. The van der Waals surface area contributed by atoms with Gasteiger partial charge in [0.05, 0.1) is 17.3 Å². The number of aromatic nitrogens is 1. The number of carbonyl (C=O) groups excluding carboxylic acids is 1. The molecule has 1 N–H and O–H groups in total. The number of hydrogen-bond acceptors (Lipinski definition) is 4. The molecule has 0 bridgehead atoms. The minimum atomic E-state index is -0.373. The number of amides is 1. The van der Waals surface area contributed by atoms with Gasteiger partial charge in [-0.05, 0) is 25.2 Å². The molecule has 1 aliphatic carbocycles. The van der Waals surface area contributed by atoms with E-state index in [0.29, 0.717) is 17.3 Å². The van der Waals surface area contributed by atoms with Gasteiger partial charge >= 0.3 is 0 Å². The summed E-state index contributed by atoms with van der Waals surface area (Å²) < 4.78 is 0. The van der Waals surface area contributed by atoms with Crippen molar-refractivity contribution < 1.29 is 9.90 Å². The van der Waals surface area contributed by atoms with Gasteiger partial charge in [-0.1, -0.05) is 6.92 Å². The van der Waals surface area contributed by atoms with Crippen molar-refractivity contribution in [3.63, 3.8) is 0 Å². The Labute approximate surface area is 105 Å². The van der Waals surface area contributed by atoms with Gasteiger partial charge in [-0.2, -0.15) is 0 Å². The summed E-state index contributed by atoms with van der Waals surface area (Å²) in [5, 5.41) is 9.83. The second-order valence-corrected chi connectivity index (χ2v) is 5.43. The molecule has 1 saturated carbocycles. The zero-order valence-corrected chi connectivity index (χ0v) is 11.0. The maximum atomic E-state index is 12.1. The Hall–Kier alpha value is -0.940. The van der Waals surface area contributed by atoms with E-state index in [2.05, 4.69) is 4.98 Å². The van der Waals surface area contributed by atoms with Gasteiger partial charge in [-0.25, -0.2) is 4.98 Å². The molecule has 5 heteroatoms. The third-order valence-electron chi connectivity index (χ3n) is 3.14. The fourth-order valence-electron chi connectivity index (χ4n) is 1.86. The lowest BCUT2D eigenvalue weighted by atomic mass is 10.2. The average molecular weight is 254 g/mol. The van der Waals surface area contributed by atoms with E-state index in [9.17, 15) is 9.90 Å². The smallest absolute Gasteiger partial charge is 0.265 e. The highest BCUT2D eigenvalue weighted by Gasteiger charge is 2.31. The van der Waals surface area contributed by atoms with Crippen molar-refractivity contribution in [2.45, 2.75) is 32.3 Å². The number of thiazole rings is 1. The quantitative estimate of drug-likeness (QED) is 0.867. The van der Waals surface area contributed by atoms with Crippen LogP contribution in [0.3, 0.4) is 0 Å². The molecule has 0 radical (unpaired) electrons. The highest BCUT2D eigenvalue weighted by Crippen LogP contribution is 2.32. The van der Waals surface area contributed by atoms with Crippen LogP contribution in [-0.4, -0.2) is 40.6 Å². The zero-order valence-electron chi connectivity index (χ0n) is 10.2. The summed E-state index contributed by atoms with van der Waals surface area (Å²) in [6, 6.07) is 0. The number of likely N-dealkylation sites (N-methyl/N-ethyl adjacent to an activating group) is 1. The Morgan fingerprint density at radius 1 is 1.71 bits per heavy atom. The highest BCUT2D eigenvalue weighted by atomic mass is 32.1. The van der Waals surface area contributed by atoms with E-state index in [0.717, 1.165) is 25.0 Å². The molecule has 1 amide bonds. The molecular weight excluding hydrogens is 236 g/mol. The van der Waals surface area contributed by atoms with E-state index >= 15 is 0 Å². The standard InChI is InChI=1S/C12H18N2O2S/c1-3-9-11(17-7-13-9)12(16)14(2)6-10(15)8-4-5-8/h7-8,10,15H,3-6H2,1-2H3. The number of aliphatic hydroxyl groups is 1. The molecule has 1 aliphatic rings. The number of aliphatic hydroxyl groups excluding tert-OH is 1. The van der Waals surface area contributed by atoms with Crippen molar-refractivity contribution in [1.29, 1.82) is 0 Å². The number of hydrogen-bond donors (Lipinski definition) is 1. The predicted molar refractivity (Wildman–Crippen MR) is 67.2 cm³/mol. The van der Waals surface area contributed by atoms with E-state index in [1.54, 1.807) is 17.5 Å². The first-order chi connectivity index (χ1) is 8.13. The molecule has 17 heavy (non-hydrogen) atoms. The summed E-state index contributed by atoms with van der Waals surface area (Å²) in [4.78, 5) is 18.6. The third kappa shape index (κ3) is 2.84.